The van der Waals surface area contributed by atoms with E-state index in [1.54, 1.807) is 12.4 Å². The molecule has 1 aliphatic heterocycles. The summed E-state index contributed by atoms with van der Waals surface area (Å²) >= 11 is 0. The topological polar surface area (TPSA) is 62.3 Å². The van der Waals surface area contributed by atoms with Crippen LogP contribution in [0.15, 0.2) is 24.5 Å². The highest BCUT2D eigenvalue weighted by Crippen LogP contribution is 2.29. The van der Waals surface area contributed by atoms with Crippen LogP contribution in [0.2, 0.25) is 0 Å². The summed E-state index contributed by atoms with van der Waals surface area (Å²) in [6.07, 6.45) is 11.7. The maximum absolute atomic E-state index is 12.7. The van der Waals surface area contributed by atoms with Crippen LogP contribution in [0.5, 0.6) is 0 Å². The van der Waals surface area contributed by atoms with Crippen molar-refractivity contribution in [2.75, 3.05) is 13.1 Å². The molecule has 1 saturated carbocycles. The van der Waals surface area contributed by atoms with Gasteiger partial charge in [0.05, 0.1) is 0 Å². The molecule has 5 nitrogen and oxygen atoms in total. The van der Waals surface area contributed by atoms with Gasteiger partial charge in [-0.05, 0) is 36.5 Å². The largest absolute Gasteiger partial charge is 0.353 e. The lowest BCUT2D eigenvalue weighted by Gasteiger charge is -2.37. The van der Waals surface area contributed by atoms with Crippen LogP contribution in [0.3, 0.4) is 0 Å². The van der Waals surface area contributed by atoms with Crippen molar-refractivity contribution in [1.29, 1.82) is 0 Å². The van der Waals surface area contributed by atoms with Gasteiger partial charge in [0.2, 0.25) is 11.8 Å². The number of aromatic nitrogens is 1. The summed E-state index contributed by atoms with van der Waals surface area (Å²) in [6.45, 7) is 1.21. The molecule has 2 fully saturated rings. The number of hydrogen-bond donors (Lipinski definition) is 1. The second-order valence-corrected chi connectivity index (χ2v) is 6.99. The molecule has 1 aromatic rings. The molecule has 1 saturated heterocycles. The van der Waals surface area contributed by atoms with Crippen LogP contribution >= 0.6 is 0 Å². The Morgan fingerprint density at radius 1 is 1.21 bits per heavy atom. The molecule has 0 bridgehead atoms. The van der Waals surface area contributed by atoms with Gasteiger partial charge in [-0.3, -0.25) is 14.6 Å². The van der Waals surface area contributed by atoms with Crippen molar-refractivity contribution in [3.8, 4) is 0 Å². The summed E-state index contributed by atoms with van der Waals surface area (Å²) in [7, 11) is 0. The Kier molecular flexibility index (Phi) is 5.83. The highest BCUT2D eigenvalue weighted by Gasteiger charge is 2.34. The van der Waals surface area contributed by atoms with Gasteiger partial charge in [-0.15, -0.1) is 0 Å². The number of amides is 2. The first-order chi connectivity index (χ1) is 11.7. The average molecular weight is 329 g/mol. The summed E-state index contributed by atoms with van der Waals surface area (Å²) in [4.78, 5) is 30.9. The van der Waals surface area contributed by atoms with Crippen molar-refractivity contribution in [2.24, 2.45) is 5.92 Å². The predicted octanol–water partition coefficient (Wildman–Crippen LogP) is 2.31. The normalized spacial score (nSPS) is 22.2. The van der Waals surface area contributed by atoms with Crippen molar-refractivity contribution >= 4 is 11.8 Å². The number of piperazine rings is 1. The van der Waals surface area contributed by atoms with Crippen molar-refractivity contribution < 1.29 is 9.59 Å². The molecule has 1 aromatic heterocycles. The minimum absolute atomic E-state index is 0.0316. The number of nitrogens with zero attached hydrogens (tertiary/aromatic N) is 2. The minimum Gasteiger partial charge on any atom is -0.353 e. The summed E-state index contributed by atoms with van der Waals surface area (Å²) in [6, 6.07) is 3.61. The van der Waals surface area contributed by atoms with Crippen LogP contribution < -0.4 is 5.32 Å². The summed E-state index contributed by atoms with van der Waals surface area (Å²) in [5.74, 6) is 0.717. The van der Waals surface area contributed by atoms with Crippen molar-refractivity contribution in [3.63, 3.8) is 0 Å². The highest BCUT2D eigenvalue weighted by molar-refractivity contribution is 5.88. The second kappa shape index (κ2) is 8.27. The molecule has 1 N–H and O–H groups in total. The fourth-order valence-corrected chi connectivity index (χ4v) is 3.93. The lowest BCUT2D eigenvalue weighted by Crippen LogP contribution is -2.57. The number of carbonyl (C=O) groups excluding carboxylic acids is 2. The van der Waals surface area contributed by atoms with E-state index in [-0.39, 0.29) is 17.9 Å². The van der Waals surface area contributed by atoms with Gasteiger partial charge in [-0.2, -0.15) is 0 Å². The first kappa shape index (κ1) is 16.9. The first-order valence-corrected chi connectivity index (χ1v) is 9.20. The number of hydrogen-bond acceptors (Lipinski definition) is 3. The molecule has 0 spiro atoms. The fourth-order valence-electron chi connectivity index (χ4n) is 3.93. The molecule has 24 heavy (non-hydrogen) atoms. The van der Waals surface area contributed by atoms with E-state index in [9.17, 15) is 9.59 Å². The molecule has 1 aliphatic carbocycles. The lowest BCUT2D eigenvalue weighted by atomic mass is 9.84. The van der Waals surface area contributed by atoms with Crippen LogP contribution in [-0.4, -0.2) is 40.8 Å². The van der Waals surface area contributed by atoms with E-state index >= 15 is 0 Å². The van der Waals surface area contributed by atoms with Crippen LogP contribution in [0.4, 0.5) is 0 Å². The molecule has 2 aliphatic rings. The molecule has 0 aromatic carbocycles. The molecule has 2 amide bonds. The molecular weight excluding hydrogens is 302 g/mol. The molecular formula is C19H27N3O2. The van der Waals surface area contributed by atoms with E-state index in [1.165, 1.54) is 32.1 Å². The van der Waals surface area contributed by atoms with Crippen LogP contribution in [0.1, 0.15) is 50.5 Å². The van der Waals surface area contributed by atoms with E-state index in [0.29, 0.717) is 31.8 Å². The van der Waals surface area contributed by atoms with Gasteiger partial charge in [0.1, 0.15) is 6.04 Å². The maximum Gasteiger partial charge on any atom is 0.242 e. The summed E-state index contributed by atoms with van der Waals surface area (Å²) < 4.78 is 0. The quantitative estimate of drug-likeness (QED) is 0.902. The van der Waals surface area contributed by atoms with E-state index in [1.807, 2.05) is 17.0 Å². The van der Waals surface area contributed by atoms with Gasteiger partial charge >= 0.3 is 0 Å². The third kappa shape index (κ3) is 4.34. The Labute approximate surface area is 143 Å². The summed E-state index contributed by atoms with van der Waals surface area (Å²) in [5, 5.41) is 2.94. The number of aryl methyl sites for hydroxylation is 1. The number of nitrogens with one attached hydrogen (secondary N) is 1. The monoisotopic (exact) mass is 329 g/mol. The van der Waals surface area contributed by atoms with Gasteiger partial charge < -0.3 is 10.2 Å². The van der Waals surface area contributed by atoms with Crippen molar-refractivity contribution in [1.82, 2.24) is 15.2 Å². The molecule has 130 valence electrons. The first-order valence-electron chi connectivity index (χ1n) is 9.20. The van der Waals surface area contributed by atoms with E-state index in [0.717, 1.165) is 12.0 Å². The smallest absolute Gasteiger partial charge is 0.242 e. The zero-order chi connectivity index (χ0) is 16.8. The van der Waals surface area contributed by atoms with Crippen molar-refractivity contribution in [3.05, 3.63) is 30.1 Å². The molecule has 2 heterocycles. The Hall–Kier alpha value is -1.91. The van der Waals surface area contributed by atoms with Crippen LogP contribution in [0, 0.1) is 5.92 Å². The number of pyridine rings is 1. The van der Waals surface area contributed by atoms with Gasteiger partial charge in [0, 0.05) is 31.9 Å². The van der Waals surface area contributed by atoms with Crippen LogP contribution in [-0.2, 0) is 16.0 Å². The molecule has 1 unspecified atom stereocenters. The zero-order valence-electron chi connectivity index (χ0n) is 14.2. The molecule has 5 heteroatoms. The third-order valence-corrected chi connectivity index (χ3v) is 5.31. The van der Waals surface area contributed by atoms with Gasteiger partial charge in [-0.25, -0.2) is 0 Å². The minimum atomic E-state index is -0.271. The summed E-state index contributed by atoms with van der Waals surface area (Å²) in [5.41, 5.74) is 1.11. The average Bonchev–Trinajstić information content (AvgIpc) is 2.63. The lowest BCUT2D eigenvalue weighted by molar-refractivity contribution is -0.144. The Morgan fingerprint density at radius 2 is 1.96 bits per heavy atom. The van der Waals surface area contributed by atoms with E-state index < -0.39 is 0 Å². The van der Waals surface area contributed by atoms with Gasteiger partial charge in [0.25, 0.3) is 0 Å². The SMILES string of the molecule is O=C1NCCN(C(=O)CCc2ccncc2)C1CC1CCCCC1. The van der Waals surface area contributed by atoms with E-state index in [4.69, 9.17) is 0 Å². The third-order valence-electron chi connectivity index (χ3n) is 5.31. The maximum atomic E-state index is 12.7. The predicted molar refractivity (Wildman–Crippen MR) is 92.3 cm³/mol. The van der Waals surface area contributed by atoms with Crippen molar-refractivity contribution in [2.45, 2.75) is 57.4 Å². The molecule has 0 radical (unpaired) electrons. The van der Waals surface area contributed by atoms with Crippen LogP contribution in [0.25, 0.3) is 0 Å². The molecule has 1 atom stereocenters. The highest BCUT2D eigenvalue weighted by atomic mass is 16.2. The molecule has 3 rings (SSSR count). The Balaban J connectivity index is 1.59. The fraction of sp³-hybridized carbons (Fsp3) is 0.632. The van der Waals surface area contributed by atoms with Gasteiger partial charge in [0.15, 0.2) is 0 Å². The van der Waals surface area contributed by atoms with E-state index in [2.05, 4.69) is 10.3 Å². The number of carbonyl (C=O) groups is 2. The Morgan fingerprint density at radius 3 is 2.71 bits per heavy atom. The Bertz CT molecular complexity index is 555. The standard InChI is InChI=1S/C19H27N3O2/c23-18(7-6-15-8-10-20-11-9-15)22-13-12-21-19(24)17(22)14-16-4-2-1-3-5-16/h8-11,16-17H,1-7,12-14H2,(H,21,24). The zero-order valence-corrected chi connectivity index (χ0v) is 14.2. The second-order valence-electron chi connectivity index (χ2n) is 6.99. The number of rotatable bonds is 5. The van der Waals surface area contributed by atoms with Gasteiger partial charge in [-0.1, -0.05) is 32.1 Å².